The van der Waals surface area contributed by atoms with Crippen LogP contribution in [-0.2, 0) is 11.3 Å². The zero-order chi connectivity index (χ0) is 23.5. The molecule has 3 aromatic rings. The number of ether oxygens (including phenoxy) is 1. The molecule has 174 valence electrons. The van der Waals surface area contributed by atoms with Gasteiger partial charge in [0.25, 0.3) is 5.91 Å². The lowest BCUT2D eigenvalue weighted by atomic mass is 10.2. The van der Waals surface area contributed by atoms with Gasteiger partial charge in [0.15, 0.2) is 0 Å². The fourth-order valence-electron chi connectivity index (χ4n) is 3.78. The summed E-state index contributed by atoms with van der Waals surface area (Å²) < 4.78 is 7.60. The molecule has 0 atom stereocenters. The van der Waals surface area contributed by atoms with Gasteiger partial charge in [-0.25, -0.2) is 4.98 Å². The highest BCUT2D eigenvalue weighted by molar-refractivity contribution is 6.05. The fraction of sp³-hybridized carbons (Fsp3) is 0.417. The van der Waals surface area contributed by atoms with Crippen molar-refractivity contribution in [3.8, 4) is 5.75 Å². The summed E-state index contributed by atoms with van der Waals surface area (Å²) in [6.45, 7) is 9.07. The predicted octanol–water partition coefficient (Wildman–Crippen LogP) is 2.55. The highest BCUT2D eigenvalue weighted by Crippen LogP contribution is 2.31. The van der Waals surface area contributed by atoms with E-state index >= 15 is 0 Å². The third kappa shape index (κ3) is 5.48. The first kappa shape index (κ1) is 22.7. The van der Waals surface area contributed by atoms with Gasteiger partial charge >= 0.3 is 0 Å². The molecule has 0 aliphatic carbocycles. The van der Waals surface area contributed by atoms with Gasteiger partial charge in [0, 0.05) is 49.5 Å². The SMILES string of the molecule is Cc1cccc(C(=O)Nc2cc3cn(CC(=O)N4CCN(C)CC4)nc3cc2OC(C)C)n1. The number of rotatable bonds is 6. The molecule has 0 unspecified atom stereocenters. The third-order valence-electron chi connectivity index (χ3n) is 5.54. The molecular formula is C24H30N6O3. The zero-order valence-electron chi connectivity index (χ0n) is 19.5. The number of likely N-dealkylation sites (N-methyl/N-ethyl adjacent to an activating group) is 1. The number of piperazine rings is 1. The van der Waals surface area contributed by atoms with Crippen molar-refractivity contribution in [1.29, 1.82) is 0 Å². The number of nitrogens with one attached hydrogen (secondary N) is 1. The van der Waals surface area contributed by atoms with Gasteiger partial charge in [0.1, 0.15) is 18.0 Å². The van der Waals surface area contributed by atoms with Crippen LogP contribution in [0.2, 0.25) is 0 Å². The van der Waals surface area contributed by atoms with E-state index in [9.17, 15) is 9.59 Å². The standard InChI is InChI=1S/C24H30N6O3/c1-16(2)33-22-13-20-18(12-21(22)26-24(32)19-7-5-6-17(3)25-19)14-30(27-20)15-23(31)29-10-8-28(4)9-11-29/h5-7,12-14,16H,8-11,15H2,1-4H3,(H,26,32). The van der Waals surface area contributed by atoms with Crippen molar-refractivity contribution in [2.24, 2.45) is 0 Å². The Morgan fingerprint density at radius 3 is 2.61 bits per heavy atom. The van der Waals surface area contributed by atoms with Gasteiger partial charge in [-0.05, 0) is 46.0 Å². The Bertz CT molecular complexity index is 1160. The van der Waals surface area contributed by atoms with Crippen LogP contribution in [0.25, 0.3) is 10.9 Å². The molecule has 1 aliphatic heterocycles. The average Bonchev–Trinajstić information content (AvgIpc) is 3.14. The number of carbonyl (C=O) groups excluding carboxylic acids is 2. The molecule has 2 aromatic heterocycles. The number of hydrogen-bond acceptors (Lipinski definition) is 6. The van der Waals surface area contributed by atoms with Crippen LogP contribution in [0.15, 0.2) is 36.5 Å². The average molecular weight is 451 g/mol. The van der Waals surface area contributed by atoms with Crippen molar-refractivity contribution in [3.63, 3.8) is 0 Å². The smallest absolute Gasteiger partial charge is 0.274 e. The number of pyridine rings is 1. The molecule has 0 spiro atoms. The van der Waals surface area contributed by atoms with E-state index in [2.05, 4.69) is 27.3 Å². The molecule has 1 aromatic carbocycles. The van der Waals surface area contributed by atoms with Gasteiger partial charge in [-0.15, -0.1) is 0 Å². The van der Waals surface area contributed by atoms with E-state index in [0.717, 1.165) is 37.3 Å². The maximum Gasteiger partial charge on any atom is 0.274 e. The minimum atomic E-state index is -0.315. The lowest BCUT2D eigenvalue weighted by Gasteiger charge is -2.32. The van der Waals surface area contributed by atoms with Crippen molar-refractivity contribution in [1.82, 2.24) is 24.6 Å². The van der Waals surface area contributed by atoms with Gasteiger partial charge in [0.05, 0.1) is 17.3 Å². The largest absolute Gasteiger partial charge is 0.489 e. The lowest BCUT2D eigenvalue weighted by Crippen LogP contribution is -2.48. The minimum Gasteiger partial charge on any atom is -0.489 e. The molecule has 0 bridgehead atoms. The van der Waals surface area contributed by atoms with Crippen LogP contribution in [0, 0.1) is 6.92 Å². The van der Waals surface area contributed by atoms with Crippen LogP contribution < -0.4 is 10.1 Å². The molecule has 1 aliphatic rings. The summed E-state index contributed by atoms with van der Waals surface area (Å²) in [4.78, 5) is 33.9. The minimum absolute atomic E-state index is 0.0496. The van der Waals surface area contributed by atoms with Gasteiger partial charge < -0.3 is 19.9 Å². The first-order valence-corrected chi connectivity index (χ1v) is 11.2. The van der Waals surface area contributed by atoms with Gasteiger partial charge in [-0.3, -0.25) is 14.3 Å². The molecule has 0 radical (unpaired) electrons. The van der Waals surface area contributed by atoms with Crippen molar-refractivity contribution in [3.05, 3.63) is 47.9 Å². The van der Waals surface area contributed by atoms with Gasteiger partial charge in [0.2, 0.25) is 5.91 Å². The summed E-state index contributed by atoms with van der Waals surface area (Å²) in [5.41, 5.74) is 2.33. The monoisotopic (exact) mass is 450 g/mol. The summed E-state index contributed by atoms with van der Waals surface area (Å²) in [6.07, 6.45) is 1.74. The van der Waals surface area contributed by atoms with Crippen LogP contribution in [0.3, 0.4) is 0 Å². The van der Waals surface area contributed by atoms with Gasteiger partial charge in [-0.2, -0.15) is 5.10 Å². The second kappa shape index (κ2) is 9.58. The molecule has 1 fully saturated rings. The summed E-state index contributed by atoms with van der Waals surface area (Å²) >= 11 is 0. The molecule has 9 heteroatoms. The number of aryl methyl sites for hydroxylation is 1. The van der Waals surface area contributed by atoms with Crippen LogP contribution in [0.4, 0.5) is 5.69 Å². The summed E-state index contributed by atoms with van der Waals surface area (Å²) in [5.74, 6) is 0.257. The van der Waals surface area contributed by atoms with Crippen molar-refractivity contribution < 1.29 is 14.3 Å². The van der Waals surface area contributed by atoms with E-state index in [1.165, 1.54) is 0 Å². The number of anilines is 1. The number of aromatic nitrogens is 3. The van der Waals surface area contributed by atoms with E-state index in [1.807, 2.05) is 44.0 Å². The number of nitrogens with zero attached hydrogens (tertiary/aromatic N) is 5. The number of fused-ring (bicyclic) bond motifs is 1. The van der Waals surface area contributed by atoms with E-state index in [1.54, 1.807) is 22.9 Å². The van der Waals surface area contributed by atoms with E-state index < -0.39 is 0 Å². The van der Waals surface area contributed by atoms with Crippen LogP contribution in [0.1, 0.15) is 30.0 Å². The quantitative estimate of drug-likeness (QED) is 0.621. The first-order valence-electron chi connectivity index (χ1n) is 11.2. The topological polar surface area (TPSA) is 92.6 Å². The first-order chi connectivity index (χ1) is 15.8. The number of carbonyl (C=O) groups is 2. The predicted molar refractivity (Wildman–Crippen MR) is 127 cm³/mol. The summed E-state index contributed by atoms with van der Waals surface area (Å²) in [7, 11) is 2.06. The zero-order valence-corrected chi connectivity index (χ0v) is 19.5. The molecule has 3 heterocycles. The van der Waals surface area contributed by atoms with Crippen LogP contribution >= 0.6 is 0 Å². The Kier molecular flexibility index (Phi) is 6.60. The maximum atomic E-state index is 12.8. The van der Waals surface area contributed by atoms with Crippen molar-refractivity contribution in [2.75, 3.05) is 38.5 Å². The van der Waals surface area contributed by atoms with E-state index in [0.29, 0.717) is 22.6 Å². The highest BCUT2D eigenvalue weighted by atomic mass is 16.5. The normalized spacial score (nSPS) is 14.6. The summed E-state index contributed by atoms with van der Waals surface area (Å²) in [5, 5.41) is 8.30. The van der Waals surface area contributed by atoms with Crippen LogP contribution in [-0.4, -0.2) is 75.7 Å². The number of hydrogen-bond donors (Lipinski definition) is 1. The molecule has 33 heavy (non-hydrogen) atoms. The van der Waals surface area contributed by atoms with Crippen LogP contribution in [0.5, 0.6) is 5.75 Å². The third-order valence-corrected chi connectivity index (χ3v) is 5.54. The lowest BCUT2D eigenvalue weighted by molar-refractivity contribution is -0.133. The Morgan fingerprint density at radius 2 is 1.91 bits per heavy atom. The maximum absolute atomic E-state index is 12.8. The summed E-state index contributed by atoms with van der Waals surface area (Å²) in [6, 6.07) is 8.93. The molecule has 0 saturated carbocycles. The second-order valence-electron chi connectivity index (χ2n) is 8.70. The van der Waals surface area contributed by atoms with Gasteiger partial charge in [-0.1, -0.05) is 6.07 Å². The Hall–Kier alpha value is -3.46. The fourth-order valence-corrected chi connectivity index (χ4v) is 3.78. The van der Waals surface area contributed by atoms with Crippen molar-refractivity contribution >= 4 is 28.4 Å². The number of benzene rings is 1. The molecular weight excluding hydrogens is 420 g/mol. The number of amides is 2. The van der Waals surface area contributed by atoms with E-state index in [-0.39, 0.29) is 24.5 Å². The molecule has 1 saturated heterocycles. The Morgan fingerprint density at radius 1 is 1.15 bits per heavy atom. The molecule has 4 rings (SSSR count). The second-order valence-corrected chi connectivity index (χ2v) is 8.70. The highest BCUT2D eigenvalue weighted by Gasteiger charge is 2.20. The molecule has 1 N–H and O–H groups in total. The Balaban J connectivity index is 1.57. The van der Waals surface area contributed by atoms with E-state index in [4.69, 9.17) is 4.74 Å². The Labute approximate surface area is 193 Å². The van der Waals surface area contributed by atoms with Crippen molar-refractivity contribution in [2.45, 2.75) is 33.4 Å². The molecule has 2 amide bonds. The molecule has 9 nitrogen and oxygen atoms in total.